The predicted molar refractivity (Wildman–Crippen MR) is 113 cm³/mol. The zero-order valence-electron chi connectivity index (χ0n) is 18.0. The third-order valence-electron chi connectivity index (χ3n) is 5.86. The van der Waals surface area contributed by atoms with Crippen LogP contribution in [-0.2, 0) is 6.54 Å². The molecule has 2 bridgehead atoms. The van der Waals surface area contributed by atoms with Gasteiger partial charge in [0.25, 0.3) is 12.3 Å². The molecule has 0 radical (unpaired) electrons. The summed E-state index contributed by atoms with van der Waals surface area (Å²) in [5.41, 5.74) is 0.190. The van der Waals surface area contributed by atoms with E-state index in [1.165, 1.54) is 40.0 Å². The quantitative estimate of drug-likeness (QED) is 0.600. The number of aromatic nitrogens is 3. The molecule has 0 spiro atoms. The lowest BCUT2D eigenvalue weighted by atomic mass is 10.0. The smallest absolute Gasteiger partial charge is 0.261 e. The zero-order chi connectivity index (χ0) is 23.3. The highest BCUT2D eigenvalue weighted by atomic mass is 19.3. The fourth-order valence-corrected chi connectivity index (χ4v) is 4.03. The molecule has 1 N–H and O–H groups in total. The van der Waals surface area contributed by atoms with E-state index < -0.39 is 29.7 Å². The summed E-state index contributed by atoms with van der Waals surface area (Å²) in [5.74, 6) is -0.158. The molecule has 174 valence electrons. The van der Waals surface area contributed by atoms with E-state index in [9.17, 15) is 18.0 Å². The van der Waals surface area contributed by atoms with Gasteiger partial charge in [-0.25, -0.2) is 22.7 Å². The molecule has 8 nitrogen and oxygen atoms in total. The van der Waals surface area contributed by atoms with Crippen molar-refractivity contribution in [2.24, 2.45) is 0 Å². The number of hydrogen-bond acceptors (Lipinski definition) is 6. The van der Waals surface area contributed by atoms with Crippen LogP contribution in [0.5, 0.6) is 11.5 Å². The minimum absolute atomic E-state index is 0.0826. The Bertz CT molecular complexity index is 1230. The lowest BCUT2D eigenvalue weighted by molar-refractivity contribution is 0.0765. The molecule has 1 unspecified atom stereocenters. The molecule has 0 aliphatic carbocycles. The Balaban J connectivity index is 1.70. The summed E-state index contributed by atoms with van der Waals surface area (Å²) in [7, 11) is 0. The van der Waals surface area contributed by atoms with Crippen molar-refractivity contribution in [3.63, 3.8) is 0 Å². The Morgan fingerprint density at radius 3 is 2.85 bits per heavy atom. The van der Waals surface area contributed by atoms with Gasteiger partial charge in [0, 0.05) is 24.1 Å². The van der Waals surface area contributed by atoms with Crippen LogP contribution in [0.3, 0.4) is 0 Å². The van der Waals surface area contributed by atoms with E-state index in [-0.39, 0.29) is 42.5 Å². The van der Waals surface area contributed by atoms with Crippen molar-refractivity contribution in [1.82, 2.24) is 19.9 Å². The Morgan fingerprint density at radius 2 is 2.06 bits per heavy atom. The van der Waals surface area contributed by atoms with Gasteiger partial charge in [0.05, 0.1) is 19.0 Å². The SMILES string of the molecule is CC1(C)CCOc2ccc(F)cc2CN2c3nc4c(cnn4cc3OCC2C(F)F)C(=O)N1. The van der Waals surface area contributed by atoms with Crippen LogP contribution in [0.25, 0.3) is 5.65 Å². The zero-order valence-corrected chi connectivity index (χ0v) is 18.0. The fourth-order valence-electron chi connectivity index (χ4n) is 4.03. The Labute approximate surface area is 187 Å². The number of benzene rings is 1. The van der Waals surface area contributed by atoms with E-state index in [0.717, 1.165) is 0 Å². The third kappa shape index (κ3) is 3.91. The highest BCUT2D eigenvalue weighted by molar-refractivity contribution is 6.00. The molecule has 1 amide bonds. The second-order valence-electron chi connectivity index (χ2n) is 8.78. The number of carbonyl (C=O) groups excluding carboxylic acids is 1. The summed E-state index contributed by atoms with van der Waals surface area (Å²) in [5, 5.41) is 7.12. The van der Waals surface area contributed by atoms with Crippen LogP contribution in [0.2, 0.25) is 0 Å². The first-order valence-corrected chi connectivity index (χ1v) is 10.5. The molecule has 11 heteroatoms. The third-order valence-corrected chi connectivity index (χ3v) is 5.86. The van der Waals surface area contributed by atoms with E-state index in [1.54, 1.807) is 0 Å². The summed E-state index contributed by atoms with van der Waals surface area (Å²) in [6.07, 6.45) is 0.584. The lowest BCUT2D eigenvalue weighted by Gasteiger charge is -2.37. The Hall–Kier alpha value is -3.50. The second-order valence-corrected chi connectivity index (χ2v) is 8.78. The lowest BCUT2D eigenvalue weighted by Crippen LogP contribution is -2.48. The van der Waals surface area contributed by atoms with Crippen molar-refractivity contribution in [2.75, 3.05) is 18.1 Å². The van der Waals surface area contributed by atoms with Crippen molar-refractivity contribution in [2.45, 2.75) is 44.8 Å². The number of hydrogen-bond donors (Lipinski definition) is 1. The van der Waals surface area contributed by atoms with Gasteiger partial charge in [-0.1, -0.05) is 0 Å². The van der Waals surface area contributed by atoms with Crippen LogP contribution in [-0.4, -0.2) is 51.7 Å². The predicted octanol–water partition coefficient (Wildman–Crippen LogP) is 3.19. The van der Waals surface area contributed by atoms with Gasteiger partial charge in [-0.15, -0.1) is 0 Å². The first-order valence-electron chi connectivity index (χ1n) is 10.5. The minimum atomic E-state index is -2.75. The first kappa shape index (κ1) is 21.4. The van der Waals surface area contributed by atoms with Gasteiger partial charge in [-0.2, -0.15) is 5.10 Å². The number of anilines is 1. The molecule has 2 aliphatic heterocycles. The number of alkyl halides is 2. The average molecular weight is 461 g/mol. The highest BCUT2D eigenvalue weighted by Gasteiger charge is 2.37. The van der Waals surface area contributed by atoms with Crippen LogP contribution >= 0.6 is 0 Å². The van der Waals surface area contributed by atoms with Crippen LogP contribution in [0.4, 0.5) is 19.0 Å². The number of fused-ring (bicyclic) bond motifs is 1. The van der Waals surface area contributed by atoms with Crippen molar-refractivity contribution in [3.8, 4) is 11.5 Å². The Morgan fingerprint density at radius 1 is 1.24 bits per heavy atom. The normalized spacial score (nSPS) is 20.1. The average Bonchev–Trinajstić information content (AvgIpc) is 3.16. The topological polar surface area (TPSA) is 81.0 Å². The van der Waals surface area contributed by atoms with E-state index in [0.29, 0.717) is 17.7 Å². The number of nitrogens with one attached hydrogen (secondary N) is 1. The standard InChI is InChI=1S/C22H22F3N5O3/c1-22(2)5-6-32-16-4-3-13(23)7-12(16)9-29-15(18(24)25)11-33-17-10-30-19(27-20(17)29)14(8-26-30)21(31)28-22/h3-4,7-8,10,15,18H,5-6,9,11H2,1-2H3,(H,28,31). The van der Waals surface area contributed by atoms with Crippen molar-refractivity contribution in [3.05, 3.63) is 47.5 Å². The van der Waals surface area contributed by atoms with E-state index in [2.05, 4.69) is 15.4 Å². The Kier molecular flexibility index (Phi) is 5.06. The fraction of sp³-hybridized carbons (Fsp3) is 0.409. The summed E-state index contributed by atoms with van der Waals surface area (Å²) in [6, 6.07) is 2.68. The van der Waals surface area contributed by atoms with Gasteiger partial charge in [-0.05, 0) is 32.0 Å². The van der Waals surface area contributed by atoms with Crippen LogP contribution < -0.4 is 19.7 Å². The summed E-state index contributed by atoms with van der Waals surface area (Å²) >= 11 is 0. The van der Waals surface area contributed by atoms with Crippen molar-refractivity contribution in [1.29, 1.82) is 0 Å². The molecule has 0 saturated heterocycles. The van der Waals surface area contributed by atoms with Crippen LogP contribution in [0, 0.1) is 5.82 Å². The molecule has 4 heterocycles. The number of carbonyl (C=O) groups is 1. The van der Waals surface area contributed by atoms with Crippen LogP contribution in [0.15, 0.2) is 30.6 Å². The molecular weight excluding hydrogens is 439 g/mol. The van der Waals surface area contributed by atoms with E-state index in [4.69, 9.17) is 9.47 Å². The molecule has 2 aromatic heterocycles. The molecule has 3 aromatic rings. The molecule has 1 atom stereocenters. The van der Waals surface area contributed by atoms with Crippen molar-refractivity contribution < 1.29 is 27.4 Å². The maximum Gasteiger partial charge on any atom is 0.261 e. The van der Waals surface area contributed by atoms with Gasteiger partial charge in [-0.3, -0.25) is 4.79 Å². The maximum atomic E-state index is 14.1. The molecule has 1 aromatic carbocycles. The minimum Gasteiger partial charge on any atom is -0.493 e. The van der Waals surface area contributed by atoms with Crippen LogP contribution in [0.1, 0.15) is 36.2 Å². The van der Waals surface area contributed by atoms with Crippen molar-refractivity contribution >= 4 is 17.4 Å². The summed E-state index contributed by atoms with van der Waals surface area (Å²) in [4.78, 5) is 18.9. The molecule has 2 aliphatic rings. The summed E-state index contributed by atoms with van der Waals surface area (Å²) in [6.45, 7) is 3.57. The van der Waals surface area contributed by atoms with E-state index in [1.807, 2.05) is 13.8 Å². The van der Waals surface area contributed by atoms with E-state index >= 15 is 0 Å². The largest absolute Gasteiger partial charge is 0.493 e. The van der Waals surface area contributed by atoms with Gasteiger partial charge in [0.1, 0.15) is 29.8 Å². The number of amides is 1. The summed E-state index contributed by atoms with van der Waals surface area (Å²) < 4.78 is 54.9. The number of nitrogens with zero attached hydrogens (tertiary/aromatic N) is 4. The molecular formula is C22H22F3N5O3. The molecule has 0 fully saturated rings. The molecule has 0 saturated carbocycles. The number of halogens is 3. The second kappa shape index (κ2) is 7.82. The molecule has 5 rings (SSSR count). The number of rotatable bonds is 1. The number of ether oxygens (including phenoxy) is 2. The van der Waals surface area contributed by atoms with Gasteiger partial charge >= 0.3 is 0 Å². The maximum absolute atomic E-state index is 14.1. The molecule has 33 heavy (non-hydrogen) atoms. The van der Waals surface area contributed by atoms with Gasteiger partial charge in [0.2, 0.25) is 0 Å². The first-order chi connectivity index (χ1) is 15.7. The highest BCUT2D eigenvalue weighted by Crippen LogP contribution is 2.37. The monoisotopic (exact) mass is 461 g/mol. The van der Waals surface area contributed by atoms with Gasteiger partial charge in [0.15, 0.2) is 17.2 Å². The van der Waals surface area contributed by atoms with Gasteiger partial charge < -0.3 is 19.7 Å².